The van der Waals surface area contributed by atoms with Crippen molar-refractivity contribution in [2.75, 3.05) is 11.4 Å². The van der Waals surface area contributed by atoms with Gasteiger partial charge >= 0.3 is 6.09 Å². The van der Waals surface area contributed by atoms with Gasteiger partial charge in [-0.05, 0) is 87.1 Å². The smallest absolute Gasteiger partial charge is 0.411 e. The summed E-state index contributed by atoms with van der Waals surface area (Å²) in [5, 5.41) is 14.9. The predicted molar refractivity (Wildman–Crippen MR) is 140 cm³/mol. The van der Waals surface area contributed by atoms with Crippen LogP contribution in [-0.4, -0.2) is 47.2 Å². The van der Waals surface area contributed by atoms with Gasteiger partial charge in [0.2, 0.25) is 5.91 Å². The molecule has 5 rings (SSSR count). The van der Waals surface area contributed by atoms with Crippen molar-refractivity contribution in [3.8, 4) is 6.07 Å². The first-order valence-electron chi connectivity index (χ1n) is 12.8. The lowest BCUT2D eigenvalue weighted by Crippen LogP contribution is -2.55. The summed E-state index contributed by atoms with van der Waals surface area (Å²) in [5.41, 5.74) is 2.95. The average Bonchev–Trinajstić information content (AvgIpc) is 3.58. The first-order valence-corrected chi connectivity index (χ1v) is 13.7. The van der Waals surface area contributed by atoms with Crippen molar-refractivity contribution in [1.29, 1.82) is 5.26 Å². The van der Waals surface area contributed by atoms with E-state index in [0.717, 1.165) is 44.3 Å². The highest BCUT2D eigenvalue weighted by Crippen LogP contribution is 2.43. The maximum absolute atomic E-state index is 13.3. The van der Waals surface area contributed by atoms with Crippen molar-refractivity contribution < 1.29 is 14.3 Å². The number of hydrogen-bond acceptors (Lipinski definition) is 6. The Kier molecular flexibility index (Phi) is 6.69. The second-order valence-electron chi connectivity index (χ2n) is 11.2. The van der Waals surface area contributed by atoms with Gasteiger partial charge in [-0.2, -0.15) is 5.26 Å². The second kappa shape index (κ2) is 9.78. The highest BCUT2D eigenvalue weighted by molar-refractivity contribution is 7.10. The van der Waals surface area contributed by atoms with Gasteiger partial charge in [0.25, 0.3) is 0 Å². The lowest BCUT2D eigenvalue weighted by Gasteiger charge is -2.35. The third-order valence-corrected chi connectivity index (χ3v) is 8.50. The molecule has 3 aliphatic rings. The van der Waals surface area contributed by atoms with Gasteiger partial charge in [0.1, 0.15) is 17.7 Å². The molecule has 2 bridgehead atoms. The van der Waals surface area contributed by atoms with Crippen LogP contribution in [0.5, 0.6) is 0 Å². The SMILES string of the molecule is CC(C)(C)OC(=O)N1[C@@H]2CC[C@@H](C2)[C@H]1C(=O)N[C@H](C#N)Cc1ccc(N2CCc3sccc3C2)cc1. The quantitative estimate of drug-likeness (QED) is 0.638. The number of carbonyl (C=O) groups is 2. The number of amides is 2. The van der Waals surface area contributed by atoms with Crippen molar-refractivity contribution in [3.05, 3.63) is 51.7 Å². The van der Waals surface area contributed by atoms with E-state index in [9.17, 15) is 14.9 Å². The molecule has 36 heavy (non-hydrogen) atoms. The zero-order valence-corrected chi connectivity index (χ0v) is 22.0. The van der Waals surface area contributed by atoms with Gasteiger partial charge in [-0.1, -0.05) is 12.1 Å². The van der Waals surface area contributed by atoms with Crippen LogP contribution in [0.3, 0.4) is 0 Å². The molecule has 7 nitrogen and oxygen atoms in total. The third-order valence-electron chi connectivity index (χ3n) is 7.48. The molecule has 2 aliphatic heterocycles. The summed E-state index contributed by atoms with van der Waals surface area (Å²) in [4.78, 5) is 31.7. The Morgan fingerprint density at radius 2 is 2.00 bits per heavy atom. The number of likely N-dealkylation sites (tertiary alicyclic amines) is 1. The number of nitrogens with zero attached hydrogens (tertiary/aromatic N) is 3. The number of benzene rings is 1. The van der Waals surface area contributed by atoms with Crippen molar-refractivity contribution in [1.82, 2.24) is 10.2 Å². The number of nitriles is 1. The number of anilines is 1. The minimum atomic E-state index is -0.661. The van der Waals surface area contributed by atoms with Crippen LogP contribution >= 0.6 is 11.3 Å². The average molecular weight is 507 g/mol. The molecule has 1 saturated heterocycles. The molecule has 1 aromatic carbocycles. The Bertz CT molecular complexity index is 1160. The van der Waals surface area contributed by atoms with Crippen LogP contribution in [0.1, 0.15) is 56.0 Å². The fourth-order valence-corrected chi connectivity index (χ4v) is 6.73. The number of hydrogen-bond donors (Lipinski definition) is 1. The highest BCUT2D eigenvalue weighted by Gasteiger charge is 2.52. The summed E-state index contributed by atoms with van der Waals surface area (Å²) >= 11 is 1.84. The second-order valence-corrected chi connectivity index (χ2v) is 12.2. The molecule has 0 unspecified atom stereocenters. The van der Waals surface area contributed by atoms with Crippen LogP contribution in [-0.2, 0) is 28.9 Å². The van der Waals surface area contributed by atoms with E-state index in [0.29, 0.717) is 6.42 Å². The van der Waals surface area contributed by atoms with Crippen LogP contribution in [0, 0.1) is 17.2 Å². The van der Waals surface area contributed by atoms with Crippen LogP contribution < -0.4 is 10.2 Å². The minimum absolute atomic E-state index is 0.0358. The van der Waals surface area contributed by atoms with E-state index >= 15 is 0 Å². The van der Waals surface area contributed by atoms with E-state index < -0.39 is 23.8 Å². The maximum atomic E-state index is 13.3. The van der Waals surface area contributed by atoms with E-state index in [1.54, 1.807) is 4.90 Å². The van der Waals surface area contributed by atoms with E-state index in [1.165, 1.54) is 16.1 Å². The Hall–Kier alpha value is -3.05. The highest BCUT2D eigenvalue weighted by atomic mass is 32.1. The molecule has 3 heterocycles. The van der Waals surface area contributed by atoms with Crippen molar-refractivity contribution in [2.45, 2.75) is 83.1 Å². The number of piperidine rings is 1. The third kappa shape index (κ3) is 5.08. The largest absolute Gasteiger partial charge is 0.444 e. The fourth-order valence-electron chi connectivity index (χ4n) is 5.84. The Morgan fingerprint density at radius 1 is 1.22 bits per heavy atom. The molecule has 2 aromatic rings. The predicted octanol–water partition coefficient (Wildman–Crippen LogP) is 4.65. The number of carbonyl (C=O) groups excluding carboxylic acids is 2. The normalized spacial score (nSPS) is 23.7. The number of ether oxygens (including phenoxy) is 1. The first-order chi connectivity index (χ1) is 17.2. The Morgan fingerprint density at radius 3 is 2.72 bits per heavy atom. The van der Waals surface area contributed by atoms with E-state index in [1.807, 2.05) is 44.2 Å². The van der Waals surface area contributed by atoms with Crippen LogP contribution in [0.2, 0.25) is 0 Å². The van der Waals surface area contributed by atoms with E-state index in [4.69, 9.17) is 4.74 Å². The summed E-state index contributed by atoms with van der Waals surface area (Å²) in [6, 6.07) is 11.5. The zero-order valence-electron chi connectivity index (χ0n) is 21.2. The molecule has 1 aromatic heterocycles. The molecule has 0 spiro atoms. The monoisotopic (exact) mass is 506 g/mol. The number of thiophene rings is 1. The Balaban J connectivity index is 1.21. The van der Waals surface area contributed by atoms with Crippen molar-refractivity contribution in [3.63, 3.8) is 0 Å². The Labute approximate surface area is 217 Å². The van der Waals surface area contributed by atoms with E-state index in [2.05, 4.69) is 39.9 Å². The van der Waals surface area contributed by atoms with Crippen molar-refractivity contribution in [2.24, 2.45) is 5.92 Å². The number of nitrogens with one attached hydrogen (secondary N) is 1. The van der Waals surface area contributed by atoms with Crippen LogP contribution in [0.4, 0.5) is 10.5 Å². The summed E-state index contributed by atoms with van der Waals surface area (Å²) in [5.74, 6) is -0.134. The molecular weight excluding hydrogens is 472 g/mol. The first kappa shape index (κ1) is 24.6. The van der Waals surface area contributed by atoms with Gasteiger partial charge in [0.05, 0.1) is 6.07 Å². The van der Waals surface area contributed by atoms with Crippen LogP contribution in [0.15, 0.2) is 35.7 Å². The van der Waals surface area contributed by atoms with Crippen molar-refractivity contribution >= 4 is 29.0 Å². The summed E-state index contributed by atoms with van der Waals surface area (Å²) < 4.78 is 5.60. The summed E-state index contributed by atoms with van der Waals surface area (Å²) in [7, 11) is 0. The van der Waals surface area contributed by atoms with E-state index in [-0.39, 0.29) is 17.9 Å². The molecule has 1 saturated carbocycles. The van der Waals surface area contributed by atoms with Gasteiger partial charge in [-0.3, -0.25) is 9.69 Å². The molecule has 1 aliphatic carbocycles. The van der Waals surface area contributed by atoms with Gasteiger partial charge in [0.15, 0.2) is 0 Å². The maximum Gasteiger partial charge on any atom is 0.411 e. The van der Waals surface area contributed by atoms with Gasteiger partial charge in [0, 0.05) is 36.1 Å². The van der Waals surface area contributed by atoms with Gasteiger partial charge in [-0.25, -0.2) is 4.79 Å². The molecule has 2 fully saturated rings. The topological polar surface area (TPSA) is 85.7 Å². The molecule has 4 atom stereocenters. The molecule has 0 radical (unpaired) electrons. The standard InChI is InChI=1S/C28H34N4O3S/c1-28(2,3)35-27(34)32-23-9-6-19(15-23)25(32)26(33)30-21(16-29)14-18-4-7-22(8-5-18)31-12-10-24-20(17-31)11-13-36-24/h4-5,7-8,11,13,19,21,23,25H,6,9-10,12,14-15,17H2,1-3H3,(H,30,33)/t19-,21-,23+,25-/m0/s1. The van der Waals surface area contributed by atoms with Crippen LogP contribution in [0.25, 0.3) is 0 Å². The summed E-state index contributed by atoms with van der Waals surface area (Å²) in [6.07, 6.45) is 3.69. The fraction of sp³-hybridized carbons (Fsp3) is 0.536. The number of rotatable bonds is 5. The van der Waals surface area contributed by atoms with Gasteiger partial charge < -0.3 is 15.0 Å². The number of fused-ring (bicyclic) bond motifs is 3. The molecule has 8 heteroatoms. The zero-order chi connectivity index (χ0) is 25.4. The molecule has 2 amide bonds. The molecular formula is C28H34N4O3S. The minimum Gasteiger partial charge on any atom is -0.444 e. The lowest BCUT2D eigenvalue weighted by atomic mass is 9.97. The lowest BCUT2D eigenvalue weighted by molar-refractivity contribution is -0.128. The summed E-state index contributed by atoms with van der Waals surface area (Å²) in [6.45, 7) is 7.41. The molecule has 190 valence electrons. The van der Waals surface area contributed by atoms with Gasteiger partial charge in [-0.15, -0.1) is 11.3 Å². The molecule has 1 N–H and O–H groups in total.